The molecule has 2 aromatic carbocycles. The summed E-state index contributed by atoms with van der Waals surface area (Å²) >= 11 is 0. The number of rotatable bonds is 3. The van der Waals surface area contributed by atoms with E-state index in [1.165, 1.54) is 48.7 Å². The molecule has 2 N–H and O–H groups in total. The minimum absolute atomic E-state index is 0.0839. The highest BCUT2D eigenvalue weighted by atomic mass is 32.2. The Morgan fingerprint density at radius 2 is 1.70 bits per heavy atom. The number of Topliss-reactive ketones (excluding diaryl/α,β-unsaturated/α-hetero) is 1. The first kappa shape index (κ1) is 16.9. The van der Waals surface area contributed by atoms with Crippen molar-refractivity contribution in [1.82, 2.24) is 3.97 Å². The van der Waals surface area contributed by atoms with E-state index in [9.17, 15) is 23.4 Å². The molecule has 0 radical (unpaired) electrons. The van der Waals surface area contributed by atoms with Gasteiger partial charge in [0.05, 0.1) is 16.2 Å². The van der Waals surface area contributed by atoms with Gasteiger partial charge in [-0.2, -0.15) is 0 Å². The van der Waals surface area contributed by atoms with Gasteiger partial charge in [0.2, 0.25) is 11.5 Å². The first-order chi connectivity index (χ1) is 12.9. The molecule has 2 heterocycles. The number of carbonyl (C=O) groups is 1. The molecule has 0 atom stereocenters. The lowest BCUT2D eigenvalue weighted by atomic mass is 10.1. The number of aromatic hydroxyl groups is 2. The van der Waals surface area contributed by atoms with Gasteiger partial charge in [-0.3, -0.25) is 4.79 Å². The Bertz CT molecular complexity index is 1190. The average Bonchev–Trinajstić information content (AvgIpc) is 3.25. The molecule has 136 valence electrons. The number of nitrogens with zero attached hydrogens (tertiary/aromatic N) is 1. The van der Waals surface area contributed by atoms with Crippen molar-refractivity contribution in [2.75, 3.05) is 0 Å². The zero-order chi connectivity index (χ0) is 19.2. The van der Waals surface area contributed by atoms with E-state index in [0.29, 0.717) is 0 Å². The maximum absolute atomic E-state index is 12.8. The van der Waals surface area contributed by atoms with Crippen LogP contribution >= 0.6 is 0 Å². The molecule has 0 aliphatic carbocycles. The van der Waals surface area contributed by atoms with Crippen LogP contribution in [-0.2, 0) is 10.0 Å². The van der Waals surface area contributed by atoms with E-state index in [1.54, 1.807) is 18.2 Å². The standard InChI is InChI=1S/C19H13NO6S/c21-15-9-8-14-17(22)16(26-19(14)18(15)23)11-12-5-4-10-20(12)27(24,25)13-6-2-1-3-7-13/h1-11,21,23H. The van der Waals surface area contributed by atoms with Gasteiger partial charge < -0.3 is 14.9 Å². The number of hydrogen-bond acceptors (Lipinski definition) is 6. The number of allylic oxidation sites excluding steroid dienone is 1. The van der Waals surface area contributed by atoms with Gasteiger partial charge in [0, 0.05) is 12.3 Å². The summed E-state index contributed by atoms with van der Waals surface area (Å²) in [6.45, 7) is 0. The van der Waals surface area contributed by atoms with Gasteiger partial charge in [-0.25, -0.2) is 12.4 Å². The summed E-state index contributed by atoms with van der Waals surface area (Å²) in [6.07, 6.45) is 2.64. The average molecular weight is 383 g/mol. The summed E-state index contributed by atoms with van der Waals surface area (Å²) in [6, 6.07) is 13.4. The molecule has 8 heteroatoms. The van der Waals surface area contributed by atoms with Crippen molar-refractivity contribution in [2.24, 2.45) is 0 Å². The molecule has 0 saturated heterocycles. The first-order valence-corrected chi connectivity index (χ1v) is 9.31. The summed E-state index contributed by atoms with van der Waals surface area (Å²) < 4.78 is 32.1. The Hall–Kier alpha value is -3.52. The molecule has 0 unspecified atom stereocenters. The second-order valence-corrected chi connectivity index (χ2v) is 7.61. The maximum Gasteiger partial charge on any atom is 0.268 e. The first-order valence-electron chi connectivity index (χ1n) is 7.87. The number of phenolic OH excluding ortho intramolecular Hbond substituents is 2. The van der Waals surface area contributed by atoms with E-state index >= 15 is 0 Å². The number of phenols is 2. The van der Waals surface area contributed by atoms with Crippen molar-refractivity contribution in [3.8, 4) is 17.2 Å². The zero-order valence-electron chi connectivity index (χ0n) is 13.7. The smallest absolute Gasteiger partial charge is 0.268 e. The fourth-order valence-electron chi connectivity index (χ4n) is 2.78. The van der Waals surface area contributed by atoms with Crippen LogP contribution in [0.3, 0.4) is 0 Å². The third-order valence-electron chi connectivity index (χ3n) is 4.11. The highest BCUT2D eigenvalue weighted by Gasteiger charge is 2.32. The van der Waals surface area contributed by atoms with Crippen LogP contribution in [0.5, 0.6) is 17.2 Å². The summed E-state index contributed by atoms with van der Waals surface area (Å²) in [5.41, 5.74) is 0.291. The Labute approximate surface area is 154 Å². The molecule has 0 bridgehead atoms. The third-order valence-corrected chi connectivity index (χ3v) is 5.83. The molecular weight excluding hydrogens is 370 g/mol. The van der Waals surface area contributed by atoms with Gasteiger partial charge in [0.15, 0.2) is 17.3 Å². The van der Waals surface area contributed by atoms with Gasteiger partial charge in [0.1, 0.15) is 0 Å². The van der Waals surface area contributed by atoms with E-state index in [4.69, 9.17) is 4.74 Å². The molecule has 0 spiro atoms. The van der Waals surface area contributed by atoms with Crippen molar-refractivity contribution in [2.45, 2.75) is 4.90 Å². The summed E-state index contributed by atoms with van der Waals surface area (Å²) in [4.78, 5) is 12.6. The van der Waals surface area contributed by atoms with E-state index < -0.39 is 27.3 Å². The highest BCUT2D eigenvalue weighted by Crippen LogP contribution is 2.44. The molecule has 0 amide bonds. The lowest BCUT2D eigenvalue weighted by molar-refractivity contribution is 0.101. The molecule has 27 heavy (non-hydrogen) atoms. The second-order valence-electron chi connectivity index (χ2n) is 5.80. The Kier molecular flexibility index (Phi) is 3.78. The Morgan fingerprint density at radius 1 is 0.963 bits per heavy atom. The SMILES string of the molecule is O=C1C(=Cc2cccn2S(=O)(=O)c2ccccc2)Oc2c1ccc(O)c2O. The molecule has 3 aromatic rings. The number of hydrogen-bond donors (Lipinski definition) is 2. The molecule has 0 fully saturated rings. The van der Waals surface area contributed by atoms with Crippen LogP contribution in [0.15, 0.2) is 71.4 Å². The molecule has 1 aromatic heterocycles. The largest absolute Gasteiger partial charge is 0.504 e. The fourth-order valence-corrected chi connectivity index (χ4v) is 4.13. The van der Waals surface area contributed by atoms with Gasteiger partial charge in [0.25, 0.3) is 10.0 Å². The number of fused-ring (bicyclic) bond motifs is 1. The normalized spacial score (nSPS) is 15.0. The number of carbonyl (C=O) groups excluding carboxylic acids is 1. The van der Waals surface area contributed by atoms with E-state index in [1.807, 2.05) is 0 Å². The summed E-state index contributed by atoms with van der Waals surface area (Å²) in [5, 5.41) is 19.4. The van der Waals surface area contributed by atoms with Crippen LogP contribution in [-0.4, -0.2) is 28.4 Å². The van der Waals surface area contributed by atoms with E-state index in [0.717, 1.165) is 3.97 Å². The lowest BCUT2D eigenvalue weighted by Crippen LogP contribution is -2.13. The summed E-state index contributed by atoms with van der Waals surface area (Å²) in [5.74, 6) is -1.80. The van der Waals surface area contributed by atoms with Crippen molar-refractivity contribution >= 4 is 21.9 Å². The van der Waals surface area contributed by atoms with Gasteiger partial charge >= 0.3 is 0 Å². The van der Waals surface area contributed by atoms with Crippen molar-refractivity contribution < 1.29 is 28.2 Å². The van der Waals surface area contributed by atoms with Crippen LogP contribution in [0.4, 0.5) is 0 Å². The van der Waals surface area contributed by atoms with E-state index in [2.05, 4.69) is 0 Å². The fraction of sp³-hybridized carbons (Fsp3) is 0. The van der Waals surface area contributed by atoms with Gasteiger partial charge in [-0.05, 0) is 36.4 Å². The van der Waals surface area contributed by atoms with Crippen molar-refractivity contribution in [3.05, 3.63) is 77.8 Å². The van der Waals surface area contributed by atoms with Crippen LogP contribution in [0.2, 0.25) is 0 Å². The predicted octanol–water partition coefficient (Wildman–Crippen LogP) is 2.75. The van der Waals surface area contributed by atoms with E-state index in [-0.39, 0.29) is 27.7 Å². The Morgan fingerprint density at radius 3 is 2.44 bits per heavy atom. The van der Waals surface area contributed by atoms with Gasteiger partial charge in [-0.15, -0.1) is 0 Å². The quantitative estimate of drug-likeness (QED) is 0.532. The topological polar surface area (TPSA) is 106 Å². The third kappa shape index (κ3) is 2.67. The minimum Gasteiger partial charge on any atom is -0.504 e. The predicted molar refractivity (Wildman–Crippen MR) is 96.2 cm³/mol. The van der Waals surface area contributed by atoms with Crippen molar-refractivity contribution in [1.29, 1.82) is 0 Å². The van der Waals surface area contributed by atoms with Crippen LogP contribution in [0.25, 0.3) is 6.08 Å². The van der Waals surface area contributed by atoms with Crippen LogP contribution in [0, 0.1) is 0 Å². The van der Waals surface area contributed by atoms with Crippen molar-refractivity contribution in [3.63, 3.8) is 0 Å². The molecule has 0 saturated carbocycles. The molecule has 1 aliphatic heterocycles. The molecule has 4 rings (SSSR count). The van der Waals surface area contributed by atoms with Crippen LogP contribution in [0.1, 0.15) is 16.1 Å². The lowest BCUT2D eigenvalue weighted by Gasteiger charge is -2.08. The number of ketones is 1. The zero-order valence-corrected chi connectivity index (χ0v) is 14.6. The summed E-state index contributed by atoms with van der Waals surface area (Å²) in [7, 11) is -3.85. The highest BCUT2D eigenvalue weighted by molar-refractivity contribution is 7.90. The van der Waals surface area contributed by atoms with Crippen LogP contribution < -0.4 is 4.74 Å². The monoisotopic (exact) mass is 383 g/mol. The number of aromatic nitrogens is 1. The molecular formula is C19H13NO6S. The second kappa shape index (κ2) is 6.03. The molecule has 1 aliphatic rings. The number of benzene rings is 2. The maximum atomic E-state index is 12.8. The minimum atomic E-state index is -3.85. The Balaban J connectivity index is 1.77. The van der Waals surface area contributed by atoms with Gasteiger partial charge in [-0.1, -0.05) is 18.2 Å². The molecule has 7 nitrogen and oxygen atoms in total. The number of ether oxygens (including phenoxy) is 1.